The summed E-state index contributed by atoms with van der Waals surface area (Å²) < 4.78 is 40.5. The second-order valence-corrected chi connectivity index (χ2v) is 10.9. The lowest BCUT2D eigenvalue weighted by Crippen LogP contribution is -2.40. The summed E-state index contributed by atoms with van der Waals surface area (Å²) in [5, 5.41) is 6.13. The van der Waals surface area contributed by atoms with Gasteiger partial charge >= 0.3 is 0 Å². The molecule has 1 aromatic carbocycles. The van der Waals surface area contributed by atoms with E-state index in [2.05, 4.69) is 16.0 Å². The zero-order valence-corrected chi connectivity index (χ0v) is 20.7. The molecule has 178 valence electrons. The molecule has 3 aromatic heterocycles. The van der Waals surface area contributed by atoms with Crippen molar-refractivity contribution in [2.24, 2.45) is 0 Å². The van der Waals surface area contributed by atoms with Crippen molar-refractivity contribution in [2.45, 2.75) is 25.3 Å². The van der Waals surface area contributed by atoms with E-state index in [1.807, 2.05) is 37.4 Å². The number of sulfonamides is 1. The van der Waals surface area contributed by atoms with E-state index in [4.69, 9.17) is 14.1 Å². The Morgan fingerprint density at radius 3 is 2.71 bits per heavy atom. The van der Waals surface area contributed by atoms with Crippen LogP contribution in [0.3, 0.4) is 0 Å². The molecular formula is C24H26N4O4S2. The Balaban J connectivity index is 1.42. The van der Waals surface area contributed by atoms with E-state index < -0.39 is 10.0 Å². The first-order chi connectivity index (χ1) is 16.4. The van der Waals surface area contributed by atoms with Gasteiger partial charge in [0.05, 0.1) is 36.6 Å². The van der Waals surface area contributed by atoms with Crippen LogP contribution in [0.25, 0.3) is 16.9 Å². The molecule has 0 aliphatic carbocycles. The number of anilines is 1. The van der Waals surface area contributed by atoms with Crippen LogP contribution in [0, 0.1) is 13.8 Å². The summed E-state index contributed by atoms with van der Waals surface area (Å²) >= 11 is 1.54. The van der Waals surface area contributed by atoms with Crippen molar-refractivity contribution >= 4 is 26.5 Å². The Labute approximate surface area is 202 Å². The Hall–Kier alpha value is -2.92. The molecule has 0 unspecified atom stereocenters. The van der Waals surface area contributed by atoms with Crippen molar-refractivity contribution in [1.82, 2.24) is 13.9 Å². The van der Waals surface area contributed by atoms with Crippen molar-refractivity contribution < 1.29 is 17.6 Å². The fraction of sp³-hybridized carbons (Fsp3) is 0.292. The number of aryl methyl sites for hydroxylation is 1. The molecule has 1 saturated heterocycles. The number of nitrogens with zero attached hydrogens (tertiary/aromatic N) is 3. The van der Waals surface area contributed by atoms with Crippen molar-refractivity contribution in [1.29, 1.82) is 0 Å². The Morgan fingerprint density at radius 2 is 1.94 bits per heavy atom. The lowest BCUT2D eigenvalue weighted by atomic mass is 10.2. The van der Waals surface area contributed by atoms with Gasteiger partial charge in [-0.05, 0) is 50.2 Å². The third-order valence-electron chi connectivity index (χ3n) is 5.89. The van der Waals surface area contributed by atoms with E-state index in [1.165, 1.54) is 15.6 Å². The SMILES string of the molecule is Cc1cc(-c2csc(NCc3ccco3)n2)c(C)n1-c1cccc(S(=O)(=O)N2CCOCC2)c1. The van der Waals surface area contributed by atoms with Gasteiger partial charge in [0.15, 0.2) is 5.13 Å². The first kappa shape index (κ1) is 22.9. The molecule has 0 radical (unpaired) electrons. The van der Waals surface area contributed by atoms with Crippen LogP contribution < -0.4 is 5.32 Å². The molecule has 1 N–H and O–H groups in total. The van der Waals surface area contributed by atoms with Gasteiger partial charge in [0.1, 0.15) is 5.76 Å². The van der Waals surface area contributed by atoms with Crippen molar-refractivity contribution in [2.75, 3.05) is 31.6 Å². The molecule has 1 aliphatic rings. The lowest BCUT2D eigenvalue weighted by Gasteiger charge is -2.26. The minimum Gasteiger partial charge on any atom is -0.467 e. The molecule has 5 rings (SSSR count). The number of thiazole rings is 1. The largest absolute Gasteiger partial charge is 0.467 e. The van der Waals surface area contributed by atoms with E-state index in [9.17, 15) is 8.42 Å². The van der Waals surface area contributed by atoms with Gasteiger partial charge in [0.25, 0.3) is 0 Å². The normalized spacial score (nSPS) is 15.0. The third kappa shape index (κ3) is 4.41. The molecule has 0 bridgehead atoms. The molecule has 4 aromatic rings. The predicted molar refractivity (Wildman–Crippen MR) is 132 cm³/mol. The molecular weight excluding hydrogens is 472 g/mol. The molecule has 10 heteroatoms. The second-order valence-electron chi connectivity index (χ2n) is 8.10. The Morgan fingerprint density at radius 1 is 1.12 bits per heavy atom. The average molecular weight is 499 g/mol. The van der Waals surface area contributed by atoms with Crippen LogP contribution >= 0.6 is 11.3 Å². The molecule has 1 aliphatic heterocycles. The zero-order chi connectivity index (χ0) is 23.7. The highest BCUT2D eigenvalue weighted by molar-refractivity contribution is 7.89. The molecule has 0 atom stereocenters. The molecule has 8 nitrogen and oxygen atoms in total. The van der Waals surface area contributed by atoms with Crippen LogP contribution in [0.5, 0.6) is 0 Å². The first-order valence-electron chi connectivity index (χ1n) is 11.0. The summed E-state index contributed by atoms with van der Waals surface area (Å²) in [6.07, 6.45) is 1.65. The lowest BCUT2D eigenvalue weighted by molar-refractivity contribution is 0.0730. The fourth-order valence-electron chi connectivity index (χ4n) is 4.19. The van der Waals surface area contributed by atoms with Gasteiger partial charge in [-0.3, -0.25) is 0 Å². The molecule has 0 amide bonds. The Bertz CT molecular complexity index is 1380. The monoisotopic (exact) mass is 498 g/mol. The highest BCUT2D eigenvalue weighted by atomic mass is 32.2. The highest BCUT2D eigenvalue weighted by Crippen LogP contribution is 2.32. The smallest absolute Gasteiger partial charge is 0.243 e. The second kappa shape index (κ2) is 9.38. The van der Waals surface area contributed by atoms with Crippen LogP contribution in [0.4, 0.5) is 5.13 Å². The maximum atomic E-state index is 13.2. The van der Waals surface area contributed by atoms with Gasteiger partial charge in [-0.1, -0.05) is 6.07 Å². The topological polar surface area (TPSA) is 89.6 Å². The fourth-order valence-corrected chi connectivity index (χ4v) is 6.35. The number of aromatic nitrogens is 2. The summed E-state index contributed by atoms with van der Waals surface area (Å²) in [5.41, 5.74) is 4.71. The van der Waals surface area contributed by atoms with E-state index in [0.717, 1.165) is 39.2 Å². The molecule has 34 heavy (non-hydrogen) atoms. The number of rotatable bonds is 7. The van der Waals surface area contributed by atoms with Gasteiger partial charge in [0, 0.05) is 41.1 Å². The highest BCUT2D eigenvalue weighted by Gasteiger charge is 2.27. The Kier molecular flexibility index (Phi) is 6.30. The minimum absolute atomic E-state index is 0.291. The maximum Gasteiger partial charge on any atom is 0.243 e. The van der Waals surface area contributed by atoms with Crippen molar-refractivity contribution in [3.05, 3.63) is 71.3 Å². The van der Waals surface area contributed by atoms with Crippen LogP contribution in [-0.2, 0) is 21.3 Å². The summed E-state index contributed by atoms with van der Waals surface area (Å²) in [7, 11) is -3.57. The predicted octanol–water partition coefficient (Wildman–Crippen LogP) is 4.44. The summed E-state index contributed by atoms with van der Waals surface area (Å²) in [6.45, 7) is 6.21. The summed E-state index contributed by atoms with van der Waals surface area (Å²) in [6, 6.07) is 13.0. The van der Waals surface area contributed by atoms with E-state index in [0.29, 0.717) is 37.7 Å². The van der Waals surface area contributed by atoms with E-state index in [1.54, 1.807) is 24.5 Å². The third-order valence-corrected chi connectivity index (χ3v) is 8.58. The maximum absolute atomic E-state index is 13.2. The number of nitrogens with one attached hydrogen (secondary N) is 1. The van der Waals surface area contributed by atoms with E-state index >= 15 is 0 Å². The number of morpholine rings is 1. The number of benzene rings is 1. The van der Waals surface area contributed by atoms with Crippen LogP contribution in [-0.4, -0.2) is 48.6 Å². The summed E-state index contributed by atoms with van der Waals surface area (Å²) in [5.74, 6) is 0.849. The van der Waals surface area contributed by atoms with Crippen LogP contribution in [0.2, 0.25) is 0 Å². The van der Waals surface area contributed by atoms with Gasteiger partial charge in [-0.25, -0.2) is 13.4 Å². The quantitative estimate of drug-likeness (QED) is 0.405. The van der Waals surface area contributed by atoms with Gasteiger partial charge in [0.2, 0.25) is 10.0 Å². The van der Waals surface area contributed by atoms with Crippen molar-refractivity contribution in [3.8, 4) is 16.9 Å². The van der Waals surface area contributed by atoms with Gasteiger partial charge < -0.3 is 19.0 Å². The molecule has 4 heterocycles. The average Bonchev–Trinajstić information content (AvgIpc) is 3.59. The van der Waals surface area contributed by atoms with Gasteiger partial charge in [-0.2, -0.15) is 4.31 Å². The molecule has 0 saturated carbocycles. The van der Waals surface area contributed by atoms with Crippen molar-refractivity contribution in [3.63, 3.8) is 0 Å². The number of hydrogen-bond acceptors (Lipinski definition) is 7. The minimum atomic E-state index is -3.57. The van der Waals surface area contributed by atoms with Gasteiger partial charge in [-0.15, -0.1) is 11.3 Å². The molecule has 1 fully saturated rings. The number of furan rings is 1. The summed E-state index contributed by atoms with van der Waals surface area (Å²) in [4.78, 5) is 5.04. The standard InChI is InChI=1S/C24H26N4O4S2/c1-17-13-22(23-16-33-24(26-23)25-15-20-6-4-10-32-20)18(2)28(17)19-5-3-7-21(14-19)34(29,30)27-8-11-31-12-9-27/h3-7,10,13-14,16H,8-9,11-12,15H2,1-2H3,(H,25,26). The number of hydrogen-bond donors (Lipinski definition) is 1. The van der Waals surface area contributed by atoms with E-state index in [-0.39, 0.29) is 0 Å². The first-order valence-corrected chi connectivity index (χ1v) is 13.3. The zero-order valence-electron chi connectivity index (χ0n) is 19.0. The number of ether oxygens (including phenoxy) is 1. The van der Waals surface area contributed by atoms with Crippen LogP contribution in [0.1, 0.15) is 17.1 Å². The molecule has 0 spiro atoms. The van der Waals surface area contributed by atoms with Crippen LogP contribution in [0.15, 0.2) is 63.4 Å².